The van der Waals surface area contributed by atoms with Crippen molar-refractivity contribution < 1.29 is 19.1 Å². The first-order chi connectivity index (χ1) is 16.6. The number of carbonyl (C=O) groups is 2. The second-order valence-electron chi connectivity index (χ2n) is 7.83. The molecular weight excluding hydrogens is 428 g/mol. The molecule has 0 aromatic heterocycles. The van der Waals surface area contributed by atoms with Gasteiger partial charge >= 0.3 is 0 Å². The highest BCUT2D eigenvalue weighted by atomic mass is 16.5. The Morgan fingerprint density at radius 3 is 2.21 bits per heavy atom. The maximum Gasteiger partial charge on any atom is 0.259 e. The summed E-state index contributed by atoms with van der Waals surface area (Å²) in [6.07, 6.45) is 1.80. The van der Waals surface area contributed by atoms with Crippen molar-refractivity contribution in [3.63, 3.8) is 0 Å². The summed E-state index contributed by atoms with van der Waals surface area (Å²) < 4.78 is 11.5. The Bertz CT molecular complexity index is 1060. The van der Waals surface area contributed by atoms with Crippen LogP contribution in [0.1, 0.15) is 47.4 Å². The lowest BCUT2D eigenvalue weighted by atomic mass is 10.1. The Kier molecular flexibility index (Phi) is 9.52. The minimum Gasteiger partial charge on any atom is -0.490 e. The predicted octanol–water partition coefficient (Wildman–Crippen LogP) is 5.66. The van der Waals surface area contributed by atoms with E-state index >= 15 is 0 Å². The van der Waals surface area contributed by atoms with E-state index < -0.39 is 0 Å². The summed E-state index contributed by atoms with van der Waals surface area (Å²) in [6.45, 7) is 6.19. The van der Waals surface area contributed by atoms with Crippen LogP contribution in [-0.4, -0.2) is 43.0 Å². The van der Waals surface area contributed by atoms with Gasteiger partial charge in [0.05, 0.1) is 5.56 Å². The van der Waals surface area contributed by atoms with Crippen LogP contribution in [0, 0.1) is 0 Å². The molecule has 2 amide bonds. The molecule has 0 aliphatic rings. The summed E-state index contributed by atoms with van der Waals surface area (Å²) in [5.41, 5.74) is 1.53. The third-order valence-corrected chi connectivity index (χ3v) is 5.13. The third-order valence-electron chi connectivity index (χ3n) is 5.13. The van der Waals surface area contributed by atoms with E-state index in [0.717, 1.165) is 18.6 Å². The van der Waals surface area contributed by atoms with Gasteiger partial charge in [-0.2, -0.15) is 0 Å². The van der Waals surface area contributed by atoms with E-state index in [1.807, 2.05) is 41.3 Å². The van der Waals surface area contributed by atoms with Gasteiger partial charge in [0.15, 0.2) is 0 Å². The summed E-state index contributed by atoms with van der Waals surface area (Å²) in [5, 5.41) is 2.89. The summed E-state index contributed by atoms with van der Waals surface area (Å²) in [4.78, 5) is 27.8. The van der Waals surface area contributed by atoms with Crippen molar-refractivity contribution in [3.8, 4) is 11.5 Å². The molecule has 3 aromatic rings. The Labute approximate surface area is 201 Å². The molecule has 178 valence electrons. The zero-order valence-corrected chi connectivity index (χ0v) is 19.8. The van der Waals surface area contributed by atoms with Crippen molar-refractivity contribution in [1.82, 2.24) is 4.90 Å². The predicted molar refractivity (Wildman–Crippen MR) is 135 cm³/mol. The van der Waals surface area contributed by atoms with Gasteiger partial charge in [0.2, 0.25) is 0 Å². The molecule has 1 N–H and O–H groups in total. The number of hydrogen-bond acceptors (Lipinski definition) is 4. The Hall–Kier alpha value is -3.80. The molecule has 0 saturated heterocycles. The lowest BCUT2D eigenvalue weighted by Gasteiger charge is -2.21. The molecule has 0 radical (unpaired) electrons. The number of rotatable bonds is 12. The fourth-order valence-corrected chi connectivity index (χ4v) is 3.57. The van der Waals surface area contributed by atoms with Crippen LogP contribution in [-0.2, 0) is 0 Å². The molecule has 6 nitrogen and oxygen atoms in total. The van der Waals surface area contributed by atoms with Gasteiger partial charge in [-0.25, -0.2) is 0 Å². The van der Waals surface area contributed by atoms with Gasteiger partial charge in [-0.15, -0.1) is 0 Å². The fraction of sp³-hybridized carbons (Fsp3) is 0.286. The van der Waals surface area contributed by atoms with Crippen molar-refractivity contribution in [2.24, 2.45) is 0 Å². The van der Waals surface area contributed by atoms with Crippen molar-refractivity contribution in [1.29, 1.82) is 0 Å². The number of nitrogens with zero attached hydrogens (tertiary/aromatic N) is 1. The van der Waals surface area contributed by atoms with Crippen LogP contribution in [0.25, 0.3) is 0 Å². The smallest absolute Gasteiger partial charge is 0.259 e. The fourth-order valence-electron chi connectivity index (χ4n) is 3.57. The molecule has 0 atom stereocenters. The van der Waals surface area contributed by atoms with E-state index in [1.165, 1.54) is 0 Å². The number of nitrogens with one attached hydrogen (secondary N) is 1. The Morgan fingerprint density at radius 1 is 0.794 bits per heavy atom. The van der Waals surface area contributed by atoms with Crippen LogP contribution in [0.2, 0.25) is 0 Å². The average molecular weight is 461 g/mol. The van der Waals surface area contributed by atoms with E-state index in [0.29, 0.717) is 48.9 Å². The first-order valence-electron chi connectivity index (χ1n) is 11.7. The minimum atomic E-state index is -0.303. The van der Waals surface area contributed by atoms with Gasteiger partial charge in [0.25, 0.3) is 11.8 Å². The second-order valence-corrected chi connectivity index (χ2v) is 7.83. The molecule has 6 heteroatoms. The lowest BCUT2D eigenvalue weighted by Crippen LogP contribution is -2.32. The van der Waals surface area contributed by atoms with Crippen molar-refractivity contribution in [3.05, 3.63) is 90.0 Å². The highest BCUT2D eigenvalue weighted by Crippen LogP contribution is 2.21. The zero-order chi connectivity index (χ0) is 24.2. The molecule has 0 heterocycles. The number of amides is 2. The van der Waals surface area contributed by atoms with E-state index in [1.54, 1.807) is 42.5 Å². The topological polar surface area (TPSA) is 67.9 Å². The molecule has 0 saturated carbocycles. The first-order valence-corrected chi connectivity index (χ1v) is 11.7. The number of ether oxygens (including phenoxy) is 2. The SMILES string of the molecule is CCCN(CCC)C(=O)c1cccc(NC(=O)c2ccccc2OCCOc2ccccc2)c1. The summed E-state index contributed by atoms with van der Waals surface area (Å²) in [7, 11) is 0. The molecule has 3 rings (SSSR count). The zero-order valence-electron chi connectivity index (χ0n) is 19.8. The molecule has 0 spiro atoms. The third kappa shape index (κ3) is 7.10. The minimum absolute atomic E-state index is 0.0260. The maximum atomic E-state index is 13.0. The molecule has 0 fully saturated rings. The number of hydrogen-bond donors (Lipinski definition) is 1. The number of para-hydroxylation sites is 2. The molecule has 0 unspecified atom stereocenters. The van der Waals surface area contributed by atoms with Crippen molar-refractivity contribution in [2.45, 2.75) is 26.7 Å². The van der Waals surface area contributed by atoms with Crippen LogP contribution >= 0.6 is 0 Å². The lowest BCUT2D eigenvalue weighted by molar-refractivity contribution is 0.0755. The maximum absolute atomic E-state index is 13.0. The number of benzene rings is 3. The normalized spacial score (nSPS) is 10.4. The molecule has 0 bridgehead atoms. The average Bonchev–Trinajstić information content (AvgIpc) is 2.87. The van der Waals surface area contributed by atoms with Gasteiger partial charge < -0.3 is 19.7 Å². The first kappa shape index (κ1) is 24.8. The summed E-state index contributed by atoms with van der Waals surface area (Å²) >= 11 is 0. The van der Waals surface area contributed by atoms with E-state index in [4.69, 9.17) is 9.47 Å². The summed E-state index contributed by atoms with van der Waals surface area (Å²) in [6, 6.07) is 23.6. The van der Waals surface area contributed by atoms with Crippen LogP contribution in [0.5, 0.6) is 11.5 Å². The van der Waals surface area contributed by atoms with Crippen molar-refractivity contribution in [2.75, 3.05) is 31.6 Å². The molecule has 0 aliphatic heterocycles. The quantitative estimate of drug-likeness (QED) is 0.354. The van der Waals surface area contributed by atoms with Crippen LogP contribution in [0.15, 0.2) is 78.9 Å². The van der Waals surface area contributed by atoms with Crippen LogP contribution in [0.3, 0.4) is 0 Å². The highest BCUT2D eigenvalue weighted by Gasteiger charge is 2.16. The van der Waals surface area contributed by atoms with E-state index in [2.05, 4.69) is 19.2 Å². The Balaban J connectivity index is 1.63. The number of carbonyl (C=O) groups excluding carboxylic acids is 2. The van der Waals surface area contributed by atoms with E-state index in [-0.39, 0.29) is 11.8 Å². The largest absolute Gasteiger partial charge is 0.490 e. The monoisotopic (exact) mass is 460 g/mol. The Morgan fingerprint density at radius 2 is 1.47 bits per heavy atom. The van der Waals surface area contributed by atoms with Gasteiger partial charge in [0.1, 0.15) is 24.7 Å². The van der Waals surface area contributed by atoms with Gasteiger partial charge in [-0.1, -0.05) is 50.2 Å². The van der Waals surface area contributed by atoms with Crippen molar-refractivity contribution >= 4 is 17.5 Å². The van der Waals surface area contributed by atoms with E-state index in [9.17, 15) is 9.59 Å². The van der Waals surface area contributed by atoms with Gasteiger partial charge in [-0.3, -0.25) is 9.59 Å². The highest BCUT2D eigenvalue weighted by molar-refractivity contribution is 6.06. The second kappa shape index (κ2) is 13.0. The van der Waals surface area contributed by atoms with Crippen LogP contribution in [0.4, 0.5) is 5.69 Å². The molecule has 0 aliphatic carbocycles. The molecular formula is C28H32N2O4. The summed E-state index contributed by atoms with van der Waals surface area (Å²) in [5.74, 6) is 0.911. The molecule has 3 aromatic carbocycles. The van der Waals surface area contributed by atoms with Crippen LogP contribution < -0.4 is 14.8 Å². The van der Waals surface area contributed by atoms with Gasteiger partial charge in [0, 0.05) is 24.3 Å². The molecule has 34 heavy (non-hydrogen) atoms. The standard InChI is InChI=1S/C28H32N2O4/c1-3-17-30(18-4-2)28(32)22-11-10-12-23(21-22)29-27(31)25-15-8-9-16-26(25)34-20-19-33-24-13-6-5-7-14-24/h5-16,21H,3-4,17-20H2,1-2H3,(H,29,31). The number of anilines is 1. The van der Waals surface area contributed by atoms with Gasteiger partial charge in [-0.05, 0) is 55.3 Å².